The normalized spacial score (nSPS) is 13.2. The number of rotatable bonds is 7. The quantitative estimate of drug-likeness (QED) is 0.815. The zero-order valence-corrected chi connectivity index (χ0v) is 11.4. The molecule has 1 aromatic heterocycles. The van der Waals surface area contributed by atoms with E-state index < -0.39 is 5.97 Å². The van der Waals surface area contributed by atoms with Crippen molar-refractivity contribution in [3.63, 3.8) is 0 Å². The van der Waals surface area contributed by atoms with Crippen molar-refractivity contribution in [3.8, 4) is 0 Å². The number of aliphatic carboxylic acids is 1. The SMILES string of the molecule is CC(C)N(CCCC(=O)O)C(C)c1nccs1. The Morgan fingerprint density at radius 1 is 1.53 bits per heavy atom. The highest BCUT2D eigenvalue weighted by Gasteiger charge is 2.20. The summed E-state index contributed by atoms with van der Waals surface area (Å²) in [5, 5.41) is 11.7. The van der Waals surface area contributed by atoms with Crippen molar-refractivity contribution in [2.24, 2.45) is 0 Å². The Morgan fingerprint density at radius 3 is 2.71 bits per heavy atom. The summed E-state index contributed by atoms with van der Waals surface area (Å²) < 4.78 is 0. The van der Waals surface area contributed by atoms with Gasteiger partial charge in [-0.2, -0.15) is 0 Å². The van der Waals surface area contributed by atoms with E-state index in [0.29, 0.717) is 12.5 Å². The van der Waals surface area contributed by atoms with Crippen LogP contribution in [0.3, 0.4) is 0 Å². The number of carbonyl (C=O) groups is 1. The van der Waals surface area contributed by atoms with Gasteiger partial charge in [0.25, 0.3) is 0 Å². The summed E-state index contributed by atoms with van der Waals surface area (Å²) in [6.07, 6.45) is 2.73. The maximum atomic E-state index is 10.5. The summed E-state index contributed by atoms with van der Waals surface area (Å²) in [6, 6.07) is 0.645. The van der Waals surface area contributed by atoms with E-state index in [0.717, 1.165) is 11.6 Å². The monoisotopic (exact) mass is 256 g/mol. The molecule has 1 aromatic rings. The topological polar surface area (TPSA) is 53.4 Å². The Kier molecular flexibility index (Phi) is 5.58. The maximum absolute atomic E-state index is 10.5. The number of carboxylic acid groups (broad SMARTS) is 1. The Labute approximate surface area is 106 Å². The first-order valence-corrected chi connectivity index (χ1v) is 6.77. The van der Waals surface area contributed by atoms with Crippen molar-refractivity contribution in [1.82, 2.24) is 9.88 Å². The summed E-state index contributed by atoms with van der Waals surface area (Å²) in [6.45, 7) is 7.18. The third kappa shape index (κ3) is 4.44. The van der Waals surface area contributed by atoms with Gasteiger partial charge in [-0.15, -0.1) is 11.3 Å². The highest BCUT2D eigenvalue weighted by atomic mass is 32.1. The van der Waals surface area contributed by atoms with Crippen LogP contribution in [0, 0.1) is 0 Å². The Hall–Kier alpha value is -0.940. The second-order valence-electron chi connectivity index (χ2n) is 4.38. The van der Waals surface area contributed by atoms with Gasteiger partial charge in [0, 0.05) is 24.0 Å². The van der Waals surface area contributed by atoms with Crippen molar-refractivity contribution in [1.29, 1.82) is 0 Å². The first kappa shape index (κ1) is 14.1. The minimum absolute atomic E-state index is 0.230. The Morgan fingerprint density at radius 2 is 2.24 bits per heavy atom. The standard InChI is InChI=1S/C12H20N2O2S/c1-9(2)14(7-4-5-11(15)16)10(3)12-13-6-8-17-12/h6,8-10H,4-5,7H2,1-3H3,(H,15,16). The highest BCUT2D eigenvalue weighted by molar-refractivity contribution is 7.09. The van der Waals surface area contributed by atoms with Gasteiger partial charge < -0.3 is 5.11 Å². The third-order valence-electron chi connectivity index (χ3n) is 2.78. The second-order valence-corrected chi connectivity index (χ2v) is 5.30. The van der Waals surface area contributed by atoms with E-state index in [1.807, 2.05) is 11.6 Å². The smallest absolute Gasteiger partial charge is 0.303 e. The molecule has 96 valence electrons. The molecular weight excluding hydrogens is 236 g/mol. The number of aromatic nitrogens is 1. The van der Waals surface area contributed by atoms with Gasteiger partial charge in [-0.1, -0.05) is 0 Å². The van der Waals surface area contributed by atoms with E-state index >= 15 is 0 Å². The van der Waals surface area contributed by atoms with Crippen LogP contribution in [-0.4, -0.2) is 33.5 Å². The number of thiazole rings is 1. The van der Waals surface area contributed by atoms with Crippen molar-refractivity contribution in [2.75, 3.05) is 6.54 Å². The fourth-order valence-corrected chi connectivity index (χ4v) is 2.61. The molecule has 17 heavy (non-hydrogen) atoms. The van der Waals surface area contributed by atoms with E-state index in [2.05, 4.69) is 30.7 Å². The molecule has 0 aliphatic heterocycles. The highest BCUT2D eigenvalue weighted by Crippen LogP contribution is 2.24. The molecule has 0 saturated heterocycles. The number of nitrogens with zero attached hydrogens (tertiary/aromatic N) is 2. The van der Waals surface area contributed by atoms with Crippen molar-refractivity contribution in [2.45, 2.75) is 45.7 Å². The van der Waals surface area contributed by atoms with Crippen LogP contribution in [0.1, 0.15) is 44.7 Å². The van der Waals surface area contributed by atoms with E-state index in [-0.39, 0.29) is 12.5 Å². The summed E-state index contributed by atoms with van der Waals surface area (Å²) in [4.78, 5) is 17.1. The molecule has 1 unspecified atom stereocenters. The molecule has 0 aromatic carbocycles. The number of carboxylic acids is 1. The van der Waals surface area contributed by atoms with Gasteiger partial charge in [0.15, 0.2) is 0 Å². The summed E-state index contributed by atoms with van der Waals surface area (Å²) in [5.41, 5.74) is 0. The maximum Gasteiger partial charge on any atom is 0.303 e. The lowest BCUT2D eigenvalue weighted by Gasteiger charge is -2.31. The van der Waals surface area contributed by atoms with Crippen molar-refractivity contribution in [3.05, 3.63) is 16.6 Å². The average molecular weight is 256 g/mol. The summed E-state index contributed by atoms with van der Waals surface area (Å²) >= 11 is 1.65. The fourth-order valence-electron chi connectivity index (χ4n) is 1.89. The minimum Gasteiger partial charge on any atom is -0.481 e. The van der Waals surface area contributed by atoms with Gasteiger partial charge in [-0.3, -0.25) is 9.69 Å². The number of hydrogen-bond acceptors (Lipinski definition) is 4. The van der Waals surface area contributed by atoms with Crippen LogP contribution in [-0.2, 0) is 4.79 Å². The molecule has 0 spiro atoms. The van der Waals surface area contributed by atoms with Gasteiger partial charge in [0.05, 0.1) is 6.04 Å². The molecule has 1 heterocycles. The first-order valence-electron chi connectivity index (χ1n) is 5.89. The lowest BCUT2D eigenvalue weighted by atomic mass is 10.2. The molecule has 1 rings (SSSR count). The van der Waals surface area contributed by atoms with Gasteiger partial charge in [0.2, 0.25) is 0 Å². The average Bonchev–Trinajstić information content (AvgIpc) is 2.75. The van der Waals surface area contributed by atoms with Crippen LogP contribution in [0.25, 0.3) is 0 Å². The van der Waals surface area contributed by atoms with Gasteiger partial charge in [0.1, 0.15) is 5.01 Å². The molecule has 0 fully saturated rings. The molecule has 0 radical (unpaired) electrons. The third-order valence-corrected chi connectivity index (χ3v) is 3.72. The molecule has 4 nitrogen and oxygen atoms in total. The zero-order chi connectivity index (χ0) is 12.8. The number of hydrogen-bond donors (Lipinski definition) is 1. The van der Waals surface area contributed by atoms with Crippen LogP contribution >= 0.6 is 11.3 Å². The van der Waals surface area contributed by atoms with E-state index in [4.69, 9.17) is 5.11 Å². The van der Waals surface area contributed by atoms with E-state index in [9.17, 15) is 4.79 Å². The molecular formula is C12H20N2O2S. The molecule has 0 aliphatic rings. The van der Waals surface area contributed by atoms with Gasteiger partial charge in [-0.05, 0) is 33.7 Å². The molecule has 1 N–H and O–H groups in total. The molecule has 0 saturated carbocycles. The van der Waals surface area contributed by atoms with Crippen molar-refractivity contribution >= 4 is 17.3 Å². The molecule has 0 amide bonds. The first-order chi connectivity index (χ1) is 8.02. The van der Waals surface area contributed by atoms with E-state index in [1.165, 1.54) is 0 Å². The van der Waals surface area contributed by atoms with Gasteiger partial charge in [-0.25, -0.2) is 4.98 Å². The van der Waals surface area contributed by atoms with Crippen LogP contribution < -0.4 is 0 Å². The summed E-state index contributed by atoms with van der Waals surface area (Å²) in [5.74, 6) is -0.726. The van der Waals surface area contributed by atoms with Crippen molar-refractivity contribution < 1.29 is 9.90 Å². The predicted molar refractivity (Wildman–Crippen MR) is 69.2 cm³/mol. The minimum atomic E-state index is -0.726. The Bertz CT molecular complexity index is 338. The van der Waals surface area contributed by atoms with Crippen LogP contribution in [0.4, 0.5) is 0 Å². The van der Waals surface area contributed by atoms with Crippen LogP contribution in [0.15, 0.2) is 11.6 Å². The lowest BCUT2D eigenvalue weighted by molar-refractivity contribution is -0.137. The van der Waals surface area contributed by atoms with Crippen LogP contribution in [0.5, 0.6) is 0 Å². The van der Waals surface area contributed by atoms with Gasteiger partial charge >= 0.3 is 5.97 Å². The molecule has 0 aliphatic carbocycles. The van der Waals surface area contributed by atoms with Crippen LogP contribution in [0.2, 0.25) is 0 Å². The summed E-state index contributed by atoms with van der Waals surface area (Å²) in [7, 11) is 0. The molecule has 5 heteroatoms. The second kappa shape index (κ2) is 6.71. The zero-order valence-electron chi connectivity index (χ0n) is 10.6. The molecule has 1 atom stereocenters. The van der Waals surface area contributed by atoms with E-state index in [1.54, 1.807) is 11.3 Å². The fraction of sp³-hybridized carbons (Fsp3) is 0.667. The predicted octanol–water partition coefficient (Wildman–Crippen LogP) is 2.78. The largest absolute Gasteiger partial charge is 0.481 e. The lowest BCUT2D eigenvalue weighted by Crippen LogP contribution is -2.34. The molecule has 0 bridgehead atoms. The Balaban J connectivity index is 2.56.